The molecule has 33 heavy (non-hydrogen) atoms. The molecule has 0 fully saturated rings. The Kier molecular flexibility index (Phi) is 5.87. The average Bonchev–Trinajstić information content (AvgIpc) is 3.52. The third kappa shape index (κ3) is 4.78. The van der Waals surface area contributed by atoms with Gasteiger partial charge < -0.3 is 11.1 Å². The molecule has 0 bridgehead atoms. The molecule has 2 aromatic heterocycles. The van der Waals surface area contributed by atoms with Gasteiger partial charge in [-0.2, -0.15) is 0 Å². The molecule has 0 saturated heterocycles. The fourth-order valence-electron chi connectivity index (χ4n) is 3.85. The second kappa shape index (κ2) is 9.26. The number of aryl methyl sites for hydroxylation is 1. The van der Waals surface area contributed by atoms with E-state index in [1.807, 2.05) is 58.7 Å². The van der Waals surface area contributed by atoms with Gasteiger partial charge in [-0.15, -0.1) is 16.4 Å². The Hall–Kier alpha value is -3.97. The number of fused-ring (bicyclic) bond motifs is 1. The predicted molar refractivity (Wildman–Crippen MR) is 134 cm³/mol. The second-order valence-corrected chi connectivity index (χ2v) is 8.82. The van der Waals surface area contributed by atoms with Crippen molar-refractivity contribution in [2.24, 2.45) is 0 Å². The van der Waals surface area contributed by atoms with Gasteiger partial charge in [0.2, 0.25) is 5.91 Å². The first-order chi connectivity index (χ1) is 16.2. The summed E-state index contributed by atoms with van der Waals surface area (Å²) in [6.45, 7) is 0.632. The minimum Gasteiger partial charge on any atom is -0.397 e. The summed E-state index contributed by atoms with van der Waals surface area (Å²) in [5, 5.41) is 15.9. The number of nitrogens with zero attached hydrogens (tertiary/aromatic N) is 3. The van der Waals surface area contributed by atoms with Crippen LogP contribution in [-0.4, -0.2) is 20.9 Å². The van der Waals surface area contributed by atoms with Crippen molar-refractivity contribution in [3.63, 3.8) is 0 Å². The first kappa shape index (κ1) is 20.9. The minimum absolute atomic E-state index is 0.103. The SMILES string of the molecule is Nc1ccc(-c2cccs2)cc1NC(=O)CCc1cn(Cc2cccc3ccccc23)nn1. The number of nitrogens with one attached hydrogen (secondary N) is 1. The van der Waals surface area contributed by atoms with Crippen LogP contribution in [0.4, 0.5) is 11.4 Å². The quantitative estimate of drug-likeness (QED) is 0.325. The van der Waals surface area contributed by atoms with Crippen molar-refractivity contribution in [3.05, 3.63) is 95.6 Å². The van der Waals surface area contributed by atoms with E-state index in [0.717, 1.165) is 16.1 Å². The Morgan fingerprint density at radius 1 is 1.03 bits per heavy atom. The second-order valence-electron chi connectivity index (χ2n) is 7.87. The van der Waals surface area contributed by atoms with E-state index in [0.29, 0.717) is 30.8 Å². The maximum absolute atomic E-state index is 12.6. The summed E-state index contributed by atoms with van der Waals surface area (Å²) in [6, 6.07) is 24.3. The zero-order chi connectivity index (χ0) is 22.6. The van der Waals surface area contributed by atoms with Crippen LogP contribution in [0.25, 0.3) is 21.2 Å². The van der Waals surface area contributed by atoms with E-state index in [4.69, 9.17) is 5.73 Å². The van der Waals surface area contributed by atoms with Crippen LogP contribution in [-0.2, 0) is 17.8 Å². The third-order valence-corrected chi connectivity index (χ3v) is 6.46. The highest BCUT2D eigenvalue weighted by Crippen LogP contribution is 2.30. The number of aromatic nitrogens is 3. The fraction of sp³-hybridized carbons (Fsp3) is 0.115. The van der Waals surface area contributed by atoms with Crippen molar-refractivity contribution in [1.82, 2.24) is 15.0 Å². The van der Waals surface area contributed by atoms with E-state index < -0.39 is 0 Å². The summed E-state index contributed by atoms with van der Waals surface area (Å²) in [4.78, 5) is 13.7. The summed E-state index contributed by atoms with van der Waals surface area (Å²) in [5.41, 5.74) is 10.3. The van der Waals surface area contributed by atoms with Crippen LogP contribution < -0.4 is 11.1 Å². The van der Waals surface area contributed by atoms with E-state index >= 15 is 0 Å². The number of rotatable bonds is 7. The summed E-state index contributed by atoms with van der Waals surface area (Å²) in [7, 11) is 0. The Bertz CT molecular complexity index is 1400. The molecule has 3 N–H and O–H groups in total. The smallest absolute Gasteiger partial charge is 0.224 e. The molecule has 6 nitrogen and oxygen atoms in total. The monoisotopic (exact) mass is 453 g/mol. The van der Waals surface area contributed by atoms with Crippen LogP contribution >= 0.6 is 11.3 Å². The summed E-state index contributed by atoms with van der Waals surface area (Å²) >= 11 is 1.65. The lowest BCUT2D eigenvalue weighted by Crippen LogP contribution is -2.13. The largest absolute Gasteiger partial charge is 0.397 e. The van der Waals surface area contributed by atoms with E-state index in [-0.39, 0.29) is 5.91 Å². The maximum Gasteiger partial charge on any atom is 0.224 e. The van der Waals surface area contributed by atoms with Gasteiger partial charge in [-0.25, -0.2) is 4.68 Å². The number of anilines is 2. The number of benzene rings is 3. The van der Waals surface area contributed by atoms with Gasteiger partial charge >= 0.3 is 0 Å². The first-order valence-electron chi connectivity index (χ1n) is 10.7. The number of hydrogen-bond donors (Lipinski definition) is 2. The number of carbonyl (C=O) groups excluding carboxylic acids is 1. The van der Waals surface area contributed by atoms with Gasteiger partial charge in [-0.3, -0.25) is 4.79 Å². The topological polar surface area (TPSA) is 85.8 Å². The van der Waals surface area contributed by atoms with Crippen LogP contribution in [0.2, 0.25) is 0 Å². The molecule has 5 rings (SSSR count). The van der Waals surface area contributed by atoms with E-state index in [9.17, 15) is 4.79 Å². The normalized spacial score (nSPS) is 11.0. The van der Waals surface area contributed by atoms with Crippen LogP contribution in [0.3, 0.4) is 0 Å². The van der Waals surface area contributed by atoms with Crippen molar-refractivity contribution in [1.29, 1.82) is 0 Å². The predicted octanol–water partition coefficient (Wildman–Crippen LogP) is 5.36. The van der Waals surface area contributed by atoms with E-state index in [1.165, 1.54) is 16.3 Å². The highest BCUT2D eigenvalue weighted by atomic mass is 32.1. The Morgan fingerprint density at radius 3 is 2.79 bits per heavy atom. The Labute approximate surface area is 195 Å². The van der Waals surface area contributed by atoms with Gasteiger partial charge in [0.15, 0.2) is 0 Å². The molecule has 5 aromatic rings. The van der Waals surface area contributed by atoms with Gasteiger partial charge in [0, 0.05) is 23.9 Å². The molecule has 0 aliphatic heterocycles. The van der Waals surface area contributed by atoms with Crippen LogP contribution in [0.15, 0.2) is 84.4 Å². The molecule has 2 heterocycles. The number of nitrogens with two attached hydrogens (primary N) is 1. The van der Waals surface area contributed by atoms with Crippen molar-refractivity contribution < 1.29 is 4.79 Å². The van der Waals surface area contributed by atoms with Crippen LogP contribution in [0.5, 0.6) is 0 Å². The third-order valence-electron chi connectivity index (χ3n) is 5.54. The molecule has 7 heteroatoms. The van der Waals surface area contributed by atoms with Crippen molar-refractivity contribution in [2.75, 3.05) is 11.1 Å². The molecule has 0 spiro atoms. The van der Waals surface area contributed by atoms with Gasteiger partial charge in [-0.05, 0) is 45.5 Å². The standard InChI is InChI=1S/C26H23N5OS/c27-23-12-10-19(25-9-4-14-33-25)15-24(23)28-26(32)13-11-21-17-31(30-29-21)16-20-7-3-6-18-5-1-2-8-22(18)20/h1-10,12,14-15,17H,11,13,16,27H2,(H,28,32). The summed E-state index contributed by atoms with van der Waals surface area (Å²) in [5.74, 6) is -0.103. The molecule has 0 aliphatic rings. The van der Waals surface area contributed by atoms with Gasteiger partial charge in [0.1, 0.15) is 0 Å². The van der Waals surface area contributed by atoms with Crippen molar-refractivity contribution >= 4 is 39.4 Å². The molecular formula is C26H23N5OS. The molecule has 164 valence electrons. The number of carbonyl (C=O) groups is 1. The molecule has 0 saturated carbocycles. The van der Waals surface area contributed by atoms with E-state index in [1.54, 1.807) is 11.3 Å². The lowest BCUT2D eigenvalue weighted by atomic mass is 10.0. The Balaban J connectivity index is 1.21. The average molecular weight is 454 g/mol. The highest BCUT2D eigenvalue weighted by molar-refractivity contribution is 7.13. The van der Waals surface area contributed by atoms with Crippen molar-refractivity contribution in [2.45, 2.75) is 19.4 Å². The lowest BCUT2D eigenvalue weighted by molar-refractivity contribution is -0.116. The first-order valence-corrected chi connectivity index (χ1v) is 11.6. The zero-order valence-electron chi connectivity index (χ0n) is 17.9. The molecule has 1 amide bonds. The maximum atomic E-state index is 12.6. The molecule has 0 unspecified atom stereocenters. The number of thiophene rings is 1. The number of hydrogen-bond acceptors (Lipinski definition) is 5. The minimum atomic E-state index is -0.103. The van der Waals surface area contributed by atoms with Gasteiger partial charge in [-0.1, -0.05) is 59.8 Å². The summed E-state index contributed by atoms with van der Waals surface area (Å²) < 4.78 is 1.82. The van der Waals surface area contributed by atoms with Gasteiger partial charge in [0.05, 0.1) is 23.6 Å². The van der Waals surface area contributed by atoms with Gasteiger partial charge in [0.25, 0.3) is 0 Å². The summed E-state index contributed by atoms with van der Waals surface area (Å²) in [6.07, 6.45) is 2.71. The van der Waals surface area contributed by atoms with Crippen LogP contribution in [0.1, 0.15) is 17.7 Å². The van der Waals surface area contributed by atoms with Crippen LogP contribution in [0, 0.1) is 0 Å². The zero-order valence-corrected chi connectivity index (χ0v) is 18.8. The fourth-order valence-corrected chi connectivity index (χ4v) is 4.57. The number of amides is 1. The molecule has 3 aromatic carbocycles. The van der Waals surface area contributed by atoms with E-state index in [2.05, 4.69) is 46.0 Å². The number of nitrogen functional groups attached to an aromatic ring is 1. The molecule has 0 atom stereocenters. The molecular weight excluding hydrogens is 430 g/mol. The molecule has 0 radical (unpaired) electrons. The van der Waals surface area contributed by atoms with Crippen molar-refractivity contribution in [3.8, 4) is 10.4 Å². The Morgan fingerprint density at radius 2 is 1.91 bits per heavy atom. The highest BCUT2D eigenvalue weighted by Gasteiger charge is 2.10. The molecule has 0 aliphatic carbocycles. The lowest BCUT2D eigenvalue weighted by Gasteiger charge is -2.09.